The number of aryl methyl sites for hydroxylation is 1. The summed E-state index contributed by atoms with van der Waals surface area (Å²) in [7, 11) is 0. The molecule has 0 aliphatic heterocycles. The maximum absolute atomic E-state index is 13.2. The normalized spacial score (nSPS) is 13.1. The van der Waals surface area contributed by atoms with Crippen LogP contribution in [0.15, 0.2) is 22.7 Å². The summed E-state index contributed by atoms with van der Waals surface area (Å²) >= 11 is 3.24. The van der Waals surface area contributed by atoms with Crippen molar-refractivity contribution in [3.05, 3.63) is 34.1 Å². The third-order valence-electron chi connectivity index (χ3n) is 2.75. The Labute approximate surface area is 105 Å². The maximum atomic E-state index is 13.2. The Hall–Kier alpha value is -0.410. The summed E-state index contributed by atoms with van der Waals surface area (Å²) < 4.78 is 13.7. The Kier molecular flexibility index (Phi) is 5.42. The Morgan fingerprint density at radius 1 is 1.38 bits per heavy atom. The first-order valence-electron chi connectivity index (χ1n) is 5.63. The molecule has 1 atom stereocenters. The van der Waals surface area contributed by atoms with Gasteiger partial charge in [-0.1, -0.05) is 26.0 Å². The third-order valence-corrected chi connectivity index (χ3v) is 3.64. The first kappa shape index (κ1) is 13.7. The van der Waals surface area contributed by atoms with Crippen molar-refractivity contribution in [3.63, 3.8) is 0 Å². The quantitative estimate of drug-likeness (QED) is 0.870. The summed E-state index contributed by atoms with van der Waals surface area (Å²) in [5.41, 5.74) is 0.968. The van der Waals surface area contributed by atoms with Gasteiger partial charge in [0.1, 0.15) is 5.82 Å². The van der Waals surface area contributed by atoms with Crippen molar-refractivity contribution in [1.82, 2.24) is 0 Å². The van der Waals surface area contributed by atoms with Crippen LogP contribution in [0.5, 0.6) is 0 Å². The standard InChI is InChI=1S/C13H18BrFO/c1-9(2)12(16)8-4-6-10-5-3-7-11(15)13(10)14/h3,5,7,9,12,16H,4,6,8H2,1-2H3. The van der Waals surface area contributed by atoms with Gasteiger partial charge < -0.3 is 5.11 Å². The lowest BCUT2D eigenvalue weighted by molar-refractivity contribution is 0.114. The molecule has 0 aliphatic rings. The van der Waals surface area contributed by atoms with E-state index in [1.807, 2.05) is 19.9 Å². The topological polar surface area (TPSA) is 20.2 Å². The van der Waals surface area contributed by atoms with Gasteiger partial charge in [-0.25, -0.2) is 4.39 Å². The van der Waals surface area contributed by atoms with Crippen molar-refractivity contribution in [2.45, 2.75) is 39.2 Å². The lowest BCUT2D eigenvalue weighted by Crippen LogP contribution is -2.14. The molecular formula is C13H18BrFO. The average molecular weight is 289 g/mol. The molecule has 0 amide bonds. The van der Waals surface area contributed by atoms with Gasteiger partial charge >= 0.3 is 0 Å². The van der Waals surface area contributed by atoms with Crippen LogP contribution in [-0.4, -0.2) is 11.2 Å². The van der Waals surface area contributed by atoms with Crippen molar-refractivity contribution >= 4 is 15.9 Å². The van der Waals surface area contributed by atoms with Crippen LogP contribution in [0.2, 0.25) is 0 Å². The zero-order valence-electron chi connectivity index (χ0n) is 9.71. The second-order valence-corrected chi connectivity index (χ2v) is 5.21. The number of halogens is 2. The van der Waals surface area contributed by atoms with Gasteiger partial charge in [0.2, 0.25) is 0 Å². The lowest BCUT2D eigenvalue weighted by atomic mass is 9.99. The second kappa shape index (κ2) is 6.36. The van der Waals surface area contributed by atoms with E-state index in [2.05, 4.69) is 15.9 Å². The van der Waals surface area contributed by atoms with Crippen LogP contribution in [0.25, 0.3) is 0 Å². The minimum atomic E-state index is -0.257. The van der Waals surface area contributed by atoms with E-state index in [4.69, 9.17) is 0 Å². The van der Waals surface area contributed by atoms with E-state index < -0.39 is 0 Å². The largest absolute Gasteiger partial charge is 0.393 e. The molecule has 0 radical (unpaired) electrons. The van der Waals surface area contributed by atoms with Gasteiger partial charge in [-0.15, -0.1) is 0 Å². The average Bonchev–Trinajstić information content (AvgIpc) is 2.24. The number of benzene rings is 1. The van der Waals surface area contributed by atoms with E-state index in [-0.39, 0.29) is 17.8 Å². The highest BCUT2D eigenvalue weighted by molar-refractivity contribution is 9.10. The Morgan fingerprint density at radius 2 is 2.06 bits per heavy atom. The number of aliphatic hydroxyl groups excluding tert-OH is 1. The number of hydrogen-bond donors (Lipinski definition) is 1. The van der Waals surface area contributed by atoms with Crippen molar-refractivity contribution in [3.8, 4) is 0 Å². The highest BCUT2D eigenvalue weighted by Crippen LogP contribution is 2.22. The molecule has 0 aliphatic carbocycles. The summed E-state index contributed by atoms with van der Waals surface area (Å²) in [6.45, 7) is 4.01. The Balaban J connectivity index is 2.46. The van der Waals surface area contributed by atoms with Crippen molar-refractivity contribution < 1.29 is 9.50 Å². The van der Waals surface area contributed by atoms with Gasteiger partial charge in [-0.3, -0.25) is 0 Å². The summed E-state index contributed by atoms with van der Waals surface area (Å²) in [5, 5.41) is 9.64. The minimum absolute atomic E-state index is 0.220. The van der Waals surface area contributed by atoms with Crippen LogP contribution in [0.3, 0.4) is 0 Å². The molecule has 0 saturated heterocycles. The van der Waals surface area contributed by atoms with E-state index in [0.29, 0.717) is 4.47 Å². The first-order chi connectivity index (χ1) is 7.52. The zero-order chi connectivity index (χ0) is 12.1. The van der Waals surface area contributed by atoms with E-state index >= 15 is 0 Å². The van der Waals surface area contributed by atoms with Gasteiger partial charge in [0.15, 0.2) is 0 Å². The molecule has 0 aromatic heterocycles. The minimum Gasteiger partial charge on any atom is -0.393 e. The first-order valence-corrected chi connectivity index (χ1v) is 6.42. The lowest BCUT2D eigenvalue weighted by Gasteiger charge is -2.14. The molecule has 1 aromatic carbocycles. The molecule has 1 unspecified atom stereocenters. The van der Waals surface area contributed by atoms with Crippen LogP contribution in [0.1, 0.15) is 32.3 Å². The van der Waals surface area contributed by atoms with Crippen molar-refractivity contribution in [2.24, 2.45) is 5.92 Å². The van der Waals surface area contributed by atoms with Gasteiger partial charge in [0.25, 0.3) is 0 Å². The highest BCUT2D eigenvalue weighted by atomic mass is 79.9. The molecule has 0 spiro atoms. The van der Waals surface area contributed by atoms with E-state index in [9.17, 15) is 9.50 Å². The molecular weight excluding hydrogens is 271 g/mol. The number of aliphatic hydroxyl groups is 1. The summed E-state index contributed by atoms with van der Waals surface area (Å²) in [5.74, 6) is 0.0675. The molecule has 1 aromatic rings. The molecule has 0 bridgehead atoms. The SMILES string of the molecule is CC(C)C(O)CCCc1cccc(F)c1Br. The predicted molar refractivity (Wildman–Crippen MR) is 67.9 cm³/mol. The van der Waals surface area contributed by atoms with Gasteiger partial charge in [-0.05, 0) is 52.7 Å². The Morgan fingerprint density at radius 3 is 2.69 bits per heavy atom. The molecule has 0 fully saturated rings. The van der Waals surface area contributed by atoms with Gasteiger partial charge in [0, 0.05) is 0 Å². The van der Waals surface area contributed by atoms with Crippen LogP contribution < -0.4 is 0 Å². The van der Waals surface area contributed by atoms with Gasteiger partial charge in [0.05, 0.1) is 10.6 Å². The highest BCUT2D eigenvalue weighted by Gasteiger charge is 2.10. The van der Waals surface area contributed by atoms with Crippen LogP contribution >= 0.6 is 15.9 Å². The number of hydrogen-bond acceptors (Lipinski definition) is 1. The fourth-order valence-corrected chi connectivity index (χ4v) is 2.04. The molecule has 0 saturated carbocycles. The molecule has 90 valence electrons. The third kappa shape index (κ3) is 3.87. The zero-order valence-corrected chi connectivity index (χ0v) is 11.3. The summed E-state index contributed by atoms with van der Waals surface area (Å²) in [6.07, 6.45) is 2.18. The molecule has 1 N–H and O–H groups in total. The second-order valence-electron chi connectivity index (χ2n) is 4.42. The van der Waals surface area contributed by atoms with Crippen molar-refractivity contribution in [2.75, 3.05) is 0 Å². The van der Waals surface area contributed by atoms with Crippen LogP contribution in [0, 0.1) is 11.7 Å². The fourth-order valence-electron chi connectivity index (χ4n) is 1.58. The monoisotopic (exact) mass is 288 g/mol. The summed E-state index contributed by atoms with van der Waals surface area (Å²) in [6, 6.07) is 5.07. The molecule has 1 rings (SSSR count). The fraction of sp³-hybridized carbons (Fsp3) is 0.538. The summed E-state index contributed by atoms with van der Waals surface area (Å²) in [4.78, 5) is 0. The predicted octanol–water partition coefficient (Wildman–Crippen LogP) is 3.93. The Bertz CT molecular complexity index is 339. The smallest absolute Gasteiger partial charge is 0.137 e. The van der Waals surface area contributed by atoms with Crippen LogP contribution in [0.4, 0.5) is 4.39 Å². The van der Waals surface area contributed by atoms with E-state index in [0.717, 1.165) is 24.8 Å². The molecule has 0 heterocycles. The molecule has 3 heteroatoms. The van der Waals surface area contributed by atoms with Crippen molar-refractivity contribution in [1.29, 1.82) is 0 Å². The molecule has 1 nitrogen and oxygen atoms in total. The number of rotatable bonds is 5. The van der Waals surface area contributed by atoms with Crippen LogP contribution in [-0.2, 0) is 6.42 Å². The van der Waals surface area contributed by atoms with Gasteiger partial charge in [-0.2, -0.15) is 0 Å². The van der Waals surface area contributed by atoms with E-state index in [1.54, 1.807) is 6.07 Å². The maximum Gasteiger partial charge on any atom is 0.137 e. The van der Waals surface area contributed by atoms with E-state index in [1.165, 1.54) is 6.07 Å². The molecule has 16 heavy (non-hydrogen) atoms.